The number of hydrogen-bond donors (Lipinski definition) is 3. The average Bonchev–Trinajstić information content (AvgIpc) is 2.44. The second-order valence-electron chi connectivity index (χ2n) is 5.52. The van der Waals surface area contributed by atoms with Gasteiger partial charge in [0, 0.05) is 16.6 Å². The topological polar surface area (TPSA) is 84.2 Å². The van der Waals surface area contributed by atoms with E-state index in [0.717, 1.165) is 4.47 Å². The molecule has 1 aromatic carbocycles. The summed E-state index contributed by atoms with van der Waals surface area (Å²) in [6.45, 7) is 6.15. The number of nitrogens with two attached hydrogens (primary N) is 1. The Morgan fingerprint density at radius 3 is 2.50 bits per heavy atom. The molecule has 0 aliphatic heterocycles. The van der Waals surface area contributed by atoms with Gasteiger partial charge in [0.1, 0.15) is 0 Å². The van der Waals surface area contributed by atoms with Gasteiger partial charge in [-0.05, 0) is 31.0 Å². The van der Waals surface area contributed by atoms with E-state index < -0.39 is 5.54 Å². The van der Waals surface area contributed by atoms with Crippen LogP contribution in [0.25, 0.3) is 0 Å². The minimum Gasteiger partial charge on any atom is -0.348 e. The number of hydrogen-bond acceptors (Lipinski definition) is 3. The highest BCUT2D eigenvalue weighted by molar-refractivity contribution is 9.10. The van der Waals surface area contributed by atoms with Crippen molar-refractivity contribution in [2.24, 2.45) is 11.7 Å². The van der Waals surface area contributed by atoms with E-state index in [0.29, 0.717) is 12.1 Å². The predicted octanol–water partition coefficient (Wildman–Crippen LogP) is 2.09. The van der Waals surface area contributed by atoms with Crippen molar-refractivity contribution < 1.29 is 9.59 Å². The minimum absolute atomic E-state index is 0. The van der Waals surface area contributed by atoms with E-state index in [1.807, 2.05) is 26.8 Å². The van der Waals surface area contributed by atoms with Crippen LogP contribution in [0.1, 0.15) is 31.1 Å². The van der Waals surface area contributed by atoms with E-state index in [9.17, 15) is 9.59 Å². The first kappa shape index (κ1) is 20.9. The summed E-state index contributed by atoms with van der Waals surface area (Å²) in [5.41, 5.74) is 5.74. The Morgan fingerprint density at radius 2 is 2.00 bits per heavy atom. The highest BCUT2D eigenvalue weighted by Gasteiger charge is 2.28. The van der Waals surface area contributed by atoms with Crippen LogP contribution in [0, 0.1) is 5.92 Å². The van der Waals surface area contributed by atoms with E-state index >= 15 is 0 Å². The first-order valence-corrected chi connectivity index (χ1v) is 7.62. The Bertz CT molecular complexity index is 525. The summed E-state index contributed by atoms with van der Waals surface area (Å²) < 4.78 is 0.815. The zero-order chi connectivity index (χ0) is 16.0. The number of rotatable bonds is 6. The molecule has 0 saturated heterocycles. The molecule has 4 N–H and O–H groups in total. The quantitative estimate of drug-likeness (QED) is 0.693. The van der Waals surface area contributed by atoms with Gasteiger partial charge < -0.3 is 16.4 Å². The molecule has 7 heteroatoms. The van der Waals surface area contributed by atoms with Crippen molar-refractivity contribution in [2.45, 2.75) is 26.3 Å². The maximum Gasteiger partial charge on any atom is 0.251 e. The van der Waals surface area contributed by atoms with Crippen molar-refractivity contribution in [3.8, 4) is 0 Å². The van der Waals surface area contributed by atoms with Crippen LogP contribution in [0.3, 0.4) is 0 Å². The van der Waals surface area contributed by atoms with Gasteiger partial charge in [-0.2, -0.15) is 0 Å². The summed E-state index contributed by atoms with van der Waals surface area (Å²) >= 11 is 3.30. The number of benzene rings is 1. The lowest BCUT2D eigenvalue weighted by molar-refractivity contribution is -0.122. The summed E-state index contributed by atoms with van der Waals surface area (Å²) in [5.74, 6) is -0.335. The van der Waals surface area contributed by atoms with E-state index in [1.54, 1.807) is 18.2 Å². The molecule has 124 valence electrons. The van der Waals surface area contributed by atoms with E-state index in [4.69, 9.17) is 5.73 Å². The third kappa shape index (κ3) is 5.94. The van der Waals surface area contributed by atoms with Gasteiger partial charge >= 0.3 is 0 Å². The zero-order valence-electron chi connectivity index (χ0n) is 13.0. The third-order valence-corrected chi connectivity index (χ3v) is 4.11. The molecule has 0 bridgehead atoms. The van der Waals surface area contributed by atoms with Crippen LogP contribution in [-0.4, -0.2) is 30.4 Å². The van der Waals surface area contributed by atoms with Crippen LogP contribution in [0.4, 0.5) is 0 Å². The fourth-order valence-electron chi connectivity index (χ4n) is 1.69. The summed E-state index contributed by atoms with van der Waals surface area (Å²) in [4.78, 5) is 23.9. The fraction of sp³-hybridized carbons (Fsp3) is 0.467. The number of nitrogens with one attached hydrogen (secondary N) is 2. The lowest BCUT2D eigenvalue weighted by Gasteiger charge is -2.33. The van der Waals surface area contributed by atoms with Gasteiger partial charge in [-0.15, -0.1) is 12.4 Å². The van der Waals surface area contributed by atoms with Gasteiger partial charge in [0.05, 0.1) is 12.1 Å². The van der Waals surface area contributed by atoms with Crippen LogP contribution in [0.5, 0.6) is 0 Å². The minimum atomic E-state index is -0.475. The molecule has 1 rings (SSSR count). The molecule has 1 atom stereocenters. The van der Waals surface area contributed by atoms with Crippen LogP contribution in [0.2, 0.25) is 0 Å². The number of halogens is 2. The molecule has 2 amide bonds. The number of amides is 2. The Morgan fingerprint density at radius 1 is 1.36 bits per heavy atom. The maximum absolute atomic E-state index is 11.9. The van der Waals surface area contributed by atoms with Gasteiger partial charge in [-0.3, -0.25) is 9.59 Å². The fourth-order valence-corrected chi connectivity index (χ4v) is 2.09. The second-order valence-corrected chi connectivity index (χ2v) is 6.43. The van der Waals surface area contributed by atoms with E-state index in [-0.39, 0.29) is 36.7 Å². The monoisotopic (exact) mass is 391 g/mol. The van der Waals surface area contributed by atoms with Gasteiger partial charge in [0.25, 0.3) is 5.91 Å². The highest BCUT2D eigenvalue weighted by atomic mass is 79.9. The van der Waals surface area contributed by atoms with E-state index in [1.165, 1.54) is 0 Å². The molecule has 1 aromatic rings. The molecule has 0 radical (unpaired) electrons. The summed E-state index contributed by atoms with van der Waals surface area (Å²) in [5, 5.41) is 5.47. The molecule has 0 aromatic heterocycles. The molecule has 0 spiro atoms. The Kier molecular flexibility index (Phi) is 8.66. The van der Waals surface area contributed by atoms with Crippen molar-refractivity contribution >= 4 is 40.2 Å². The number of carbonyl (C=O) groups is 2. The van der Waals surface area contributed by atoms with Gasteiger partial charge in [0.2, 0.25) is 5.91 Å². The maximum atomic E-state index is 11.9. The molecule has 0 aliphatic carbocycles. The van der Waals surface area contributed by atoms with Crippen molar-refractivity contribution in [1.29, 1.82) is 0 Å². The Balaban J connectivity index is 0.00000441. The Labute approximate surface area is 145 Å². The Hall–Kier alpha value is -1.11. The molecule has 0 heterocycles. The molecule has 22 heavy (non-hydrogen) atoms. The zero-order valence-corrected chi connectivity index (χ0v) is 15.4. The average molecular weight is 393 g/mol. The van der Waals surface area contributed by atoms with Crippen molar-refractivity contribution in [3.63, 3.8) is 0 Å². The summed E-state index contributed by atoms with van der Waals surface area (Å²) in [6.07, 6.45) is 0. The molecule has 0 saturated carbocycles. The predicted molar refractivity (Wildman–Crippen MR) is 94.2 cm³/mol. The molecule has 5 nitrogen and oxygen atoms in total. The van der Waals surface area contributed by atoms with Crippen molar-refractivity contribution in [3.05, 3.63) is 34.3 Å². The molecular formula is C15H23BrClN3O2. The highest BCUT2D eigenvalue weighted by Crippen LogP contribution is 2.14. The number of carbonyl (C=O) groups excluding carboxylic acids is 2. The summed E-state index contributed by atoms with van der Waals surface area (Å²) in [6, 6.07) is 6.99. The van der Waals surface area contributed by atoms with Crippen LogP contribution in [-0.2, 0) is 4.79 Å². The van der Waals surface area contributed by atoms with Crippen LogP contribution >= 0.6 is 28.3 Å². The van der Waals surface area contributed by atoms with Crippen LogP contribution in [0.15, 0.2) is 28.7 Å². The molecule has 0 fully saturated rings. The van der Waals surface area contributed by atoms with Crippen molar-refractivity contribution in [2.75, 3.05) is 13.1 Å². The largest absolute Gasteiger partial charge is 0.348 e. The molecule has 1 unspecified atom stereocenters. The smallest absolute Gasteiger partial charge is 0.251 e. The lowest BCUT2D eigenvalue weighted by Crippen LogP contribution is -2.56. The van der Waals surface area contributed by atoms with Crippen molar-refractivity contribution in [1.82, 2.24) is 10.6 Å². The van der Waals surface area contributed by atoms with Gasteiger partial charge in [0.15, 0.2) is 0 Å². The normalized spacial score (nSPS) is 13.0. The third-order valence-electron chi connectivity index (χ3n) is 3.62. The van der Waals surface area contributed by atoms with Gasteiger partial charge in [-0.1, -0.05) is 35.8 Å². The standard InChI is InChI=1S/C15H22BrN3O2.ClH/c1-10(2)15(3,9-17)19-13(20)8-18-14(21)11-5-4-6-12(16)7-11;/h4-7,10H,8-9,17H2,1-3H3,(H,18,21)(H,19,20);1H. The lowest BCUT2D eigenvalue weighted by atomic mass is 9.88. The van der Waals surface area contributed by atoms with E-state index in [2.05, 4.69) is 26.6 Å². The van der Waals surface area contributed by atoms with Crippen LogP contribution < -0.4 is 16.4 Å². The summed E-state index contributed by atoms with van der Waals surface area (Å²) in [7, 11) is 0. The first-order chi connectivity index (χ1) is 9.78. The van der Waals surface area contributed by atoms with Gasteiger partial charge in [-0.25, -0.2) is 0 Å². The molecule has 0 aliphatic rings. The second kappa shape index (κ2) is 9.12. The SMILES string of the molecule is CC(C)C(C)(CN)NC(=O)CNC(=O)c1cccc(Br)c1.Cl. The first-order valence-electron chi connectivity index (χ1n) is 6.83. The molecular weight excluding hydrogens is 370 g/mol.